The second-order valence-corrected chi connectivity index (χ2v) is 7.07. The third-order valence-electron chi connectivity index (χ3n) is 5.42. The number of rotatable bonds is 3. The molecule has 0 atom stereocenters. The van der Waals surface area contributed by atoms with Gasteiger partial charge in [0.15, 0.2) is 5.75 Å². The molecule has 2 aromatic rings. The molecular weight excluding hydrogens is 284 g/mol. The van der Waals surface area contributed by atoms with Crippen LogP contribution in [0.4, 0.5) is 0 Å². The first kappa shape index (κ1) is 14.9. The van der Waals surface area contributed by atoms with E-state index in [1.54, 1.807) is 0 Å². The normalized spacial score (nSPS) is 19.5. The largest absolute Gasteiger partial charge is 0.475 e. The number of pyridine rings is 1. The summed E-state index contributed by atoms with van der Waals surface area (Å²) in [5.41, 5.74) is 3.74. The van der Waals surface area contributed by atoms with Crippen LogP contribution in [-0.2, 0) is 13.0 Å². The van der Waals surface area contributed by atoms with E-state index in [2.05, 4.69) is 28.9 Å². The molecule has 23 heavy (non-hydrogen) atoms. The van der Waals surface area contributed by atoms with E-state index in [4.69, 9.17) is 4.74 Å². The lowest BCUT2D eigenvalue weighted by Gasteiger charge is -2.33. The first-order valence-corrected chi connectivity index (χ1v) is 9.09. The first-order chi connectivity index (χ1) is 11.3. The fourth-order valence-corrected chi connectivity index (χ4v) is 4.22. The minimum absolute atomic E-state index is 0.709. The van der Waals surface area contributed by atoms with Crippen LogP contribution in [0.25, 0.3) is 10.9 Å². The molecule has 1 fully saturated rings. The van der Waals surface area contributed by atoms with Gasteiger partial charge in [0.05, 0.1) is 0 Å². The van der Waals surface area contributed by atoms with Crippen molar-refractivity contribution in [1.29, 1.82) is 0 Å². The highest BCUT2D eigenvalue weighted by Crippen LogP contribution is 2.35. The summed E-state index contributed by atoms with van der Waals surface area (Å²) in [6.07, 6.45) is 9.94. The predicted octanol–water partition coefficient (Wildman–Crippen LogP) is 4.53. The van der Waals surface area contributed by atoms with E-state index >= 15 is 0 Å². The lowest BCUT2D eigenvalue weighted by atomic mass is 9.89. The minimum atomic E-state index is 0.709. The number of ether oxygens (including phenoxy) is 1. The van der Waals surface area contributed by atoms with Gasteiger partial charge in [0.2, 0.25) is 0 Å². The van der Waals surface area contributed by atoms with Crippen molar-refractivity contribution in [2.24, 2.45) is 5.92 Å². The van der Waals surface area contributed by atoms with E-state index in [1.807, 2.05) is 12.3 Å². The van der Waals surface area contributed by atoms with Gasteiger partial charge in [-0.1, -0.05) is 38.3 Å². The highest BCUT2D eigenvalue weighted by Gasteiger charge is 2.24. The van der Waals surface area contributed by atoms with Crippen molar-refractivity contribution < 1.29 is 4.74 Å². The quantitative estimate of drug-likeness (QED) is 0.833. The standard InChI is InChI=1S/C20H26N2O/c1-2-16-11-17-13-22(12-15-7-4-3-5-8-15)14-23-20(17)19-18(16)9-6-10-21-19/h6,9-11,15H,2-5,7-8,12-14H2,1H3. The number of aryl methyl sites for hydroxylation is 1. The van der Waals surface area contributed by atoms with E-state index in [9.17, 15) is 0 Å². The zero-order valence-electron chi connectivity index (χ0n) is 14.1. The van der Waals surface area contributed by atoms with Gasteiger partial charge in [0.25, 0.3) is 0 Å². The summed E-state index contributed by atoms with van der Waals surface area (Å²) >= 11 is 0. The smallest absolute Gasteiger partial charge is 0.152 e. The molecule has 0 radical (unpaired) electrons. The van der Waals surface area contributed by atoms with E-state index in [0.29, 0.717) is 6.73 Å². The van der Waals surface area contributed by atoms with Crippen molar-refractivity contribution in [2.75, 3.05) is 13.3 Å². The molecule has 1 aliphatic heterocycles. The number of fused-ring (bicyclic) bond motifs is 3. The molecule has 1 aromatic carbocycles. The van der Waals surface area contributed by atoms with Crippen LogP contribution < -0.4 is 4.74 Å². The number of benzene rings is 1. The zero-order chi connectivity index (χ0) is 15.6. The molecule has 1 aromatic heterocycles. The van der Waals surface area contributed by atoms with Crippen LogP contribution in [0.5, 0.6) is 5.75 Å². The first-order valence-electron chi connectivity index (χ1n) is 9.09. The monoisotopic (exact) mass is 310 g/mol. The maximum absolute atomic E-state index is 6.15. The fourth-order valence-electron chi connectivity index (χ4n) is 4.22. The number of hydrogen-bond acceptors (Lipinski definition) is 3. The Morgan fingerprint density at radius 3 is 2.96 bits per heavy atom. The lowest BCUT2D eigenvalue weighted by molar-refractivity contribution is 0.0741. The van der Waals surface area contributed by atoms with Gasteiger partial charge in [-0.15, -0.1) is 0 Å². The Balaban J connectivity index is 1.60. The van der Waals surface area contributed by atoms with E-state index in [0.717, 1.165) is 30.1 Å². The van der Waals surface area contributed by atoms with Crippen molar-refractivity contribution in [1.82, 2.24) is 9.88 Å². The molecular formula is C20H26N2O. The number of nitrogens with zero attached hydrogens (tertiary/aromatic N) is 2. The molecule has 0 spiro atoms. The van der Waals surface area contributed by atoms with Gasteiger partial charge in [0.1, 0.15) is 12.2 Å². The molecule has 2 heterocycles. The average Bonchev–Trinajstić information content (AvgIpc) is 2.61. The summed E-state index contributed by atoms with van der Waals surface area (Å²) in [6.45, 7) is 5.12. The maximum Gasteiger partial charge on any atom is 0.152 e. The second kappa shape index (κ2) is 6.48. The molecule has 3 nitrogen and oxygen atoms in total. The zero-order valence-corrected chi connectivity index (χ0v) is 14.1. The molecule has 0 saturated heterocycles. The van der Waals surface area contributed by atoms with Crippen LogP contribution >= 0.6 is 0 Å². The summed E-state index contributed by atoms with van der Waals surface area (Å²) in [5, 5.41) is 1.24. The Morgan fingerprint density at radius 2 is 2.13 bits per heavy atom. The van der Waals surface area contributed by atoms with Crippen LogP contribution in [0.15, 0.2) is 24.4 Å². The molecule has 2 aliphatic rings. The number of hydrogen-bond donors (Lipinski definition) is 0. The van der Waals surface area contributed by atoms with Crippen molar-refractivity contribution in [2.45, 2.75) is 52.0 Å². The van der Waals surface area contributed by atoms with E-state index in [-0.39, 0.29) is 0 Å². The van der Waals surface area contributed by atoms with Gasteiger partial charge in [-0.2, -0.15) is 0 Å². The Labute approximate surface area is 138 Å². The lowest BCUT2D eigenvalue weighted by Crippen LogP contribution is -2.36. The SMILES string of the molecule is CCc1cc2c(c3ncccc13)OCN(CC1CCCCC1)C2. The third-order valence-corrected chi connectivity index (χ3v) is 5.42. The van der Waals surface area contributed by atoms with Crippen molar-refractivity contribution in [3.05, 3.63) is 35.5 Å². The fraction of sp³-hybridized carbons (Fsp3) is 0.550. The molecule has 0 unspecified atom stereocenters. The molecule has 4 rings (SSSR count). The van der Waals surface area contributed by atoms with Crippen LogP contribution in [0.2, 0.25) is 0 Å². The van der Waals surface area contributed by atoms with Gasteiger partial charge in [-0.3, -0.25) is 9.88 Å². The predicted molar refractivity (Wildman–Crippen MR) is 93.6 cm³/mol. The summed E-state index contributed by atoms with van der Waals surface area (Å²) in [4.78, 5) is 7.08. The second-order valence-electron chi connectivity index (χ2n) is 7.07. The molecule has 1 saturated carbocycles. The Morgan fingerprint density at radius 1 is 1.26 bits per heavy atom. The highest BCUT2D eigenvalue weighted by molar-refractivity contribution is 5.89. The Hall–Kier alpha value is -1.61. The van der Waals surface area contributed by atoms with Gasteiger partial charge >= 0.3 is 0 Å². The van der Waals surface area contributed by atoms with Crippen LogP contribution in [0, 0.1) is 5.92 Å². The van der Waals surface area contributed by atoms with Crippen molar-refractivity contribution in [3.63, 3.8) is 0 Å². The number of aromatic nitrogens is 1. The van der Waals surface area contributed by atoms with Crippen LogP contribution in [-0.4, -0.2) is 23.2 Å². The summed E-state index contributed by atoms with van der Waals surface area (Å²) in [7, 11) is 0. The average molecular weight is 310 g/mol. The van der Waals surface area contributed by atoms with Gasteiger partial charge in [0, 0.05) is 30.2 Å². The molecule has 0 bridgehead atoms. The molecule has 0 N–H and O–H groups in total. The van der Waals surface area contributed by atoms with Gasteiger partial charge in [-0.25, -0.2) is 0 Å². The molecule has 1 aliphatic carbocycles. The van der Waals surface area contributed by atoms with Crippen molar-refractivity contribution >= 4 is 10.9 Å². The minimum Gasteiger partial charge on any atom is -0.475 e. The molecule has 0 amide bonds. The highest BCUT2D eigenvalue weighted by atomic mass is 16.5. The summed E-state index contributed by atoms with van der Waals surface area (Å²) < 4.78 is 6.15. The maximum atomic E-state index is 6.15. The topological polar surface area (TPSA) is 25.4 Å². The Kier molecular flexibility index (Phi) is 4.21. The Bertz CT molecular complexity index is 691. The van der Waals surface area contributed by atoms with Gasteiger partial charge in [-0.05, 0) is 36.8 Å². The van der Waals surface area contributed by atoms with Gasteiger partial charge < -0.3 is 4.74 Å². The van der Waals surface area contributed by atoms with Crippen LogP contribution in [0.3, 0.4) is 0 Å². The van der Waals surface area contributed by atoms with E-state index < -0.39 is 0 Å². The van der Waals surface area contributed by atoms with Crippen molar-refractivity contribution in [3.8, 4) is 5.75 Å². The molecule has 3 heteroatoms. The third kappa shape index (κ3) is 2.94. The van der Waals surface area contributed by atoms with Crippen LogP contribution in [0.1, 0.15) is 50.2 Å². The summed E-state index contributed by atoms with van der Waals surface area (Å²) in [6, 6.07) is 6.53. The summed E-state index contributed by atoms with van der Waals surface area (Å²) in [5.74, 6) is 1.87. The van der Waals surface area contributed by atoms with E-state index in [1.165, 1.54) is 55.2 Å². The molecule has 122 valence electrons.